The first kappa shape index (κ1) is 24.5. The Bertz CT molecular complexity index is 1110. The zero-order valence-electron chi connectivity index (χ0n) is 17.6. The van der Waals surface area contributed by atoms with Gasteiger partial charge in [0.2, 0.25) is 5.75 Å². The number of benzene rings is 2. The predicted octanol–water partition coefficient (Wildman–Crippen LogP) is 5.92. The first-order valence-electron chi connectivity index (χ1n) is 9.55. The minimum Gasteiger partial charge on any atom is -0.493 e. The lowest BCUT2D eigenvalue weighted by Crippen LogP contribution is -2.10. The second-order valence-corrected chi connectivity index (χ2v) is 7.44. The number of hydrogen-bond acceptors (Lipinski definition) is 6. The number of aldehydes is 1. The molecule has 0 aliphatic carbocycles. The van der Waals surface area contributed by atoms with Crippen molar-refractivity contribution in [2.24, 2.45) is 0 Å². The number of halogens is 4. The van der Waals surface area contributed by atoms with Crippen LogP contribution in [0.25, 0.3) is 0 Å². The summed E-state index contributed by atoms with van der Waals surface area (Å²) >= 11 is 12.6. The molecule has 0 saturated heterocycles. The molecule has 1 heterocycles. The molecule has 10 heteroatoms. The molecule has 3 rings (SSSR count). The van der Waals surface area contributed by atoms with Gasteiger partial charge in [0.05, 0.1) is 30.2 Å². The summed E-state index contributed by atoms with van der Waals surface area (Å²) in [6.07, 6.45) is 3.41. The third-order valence-electron chi connectivity index (χ3n) is 4.76. The van der Waals surface area contributed by atoms with Gasteiger partial charge in [0.15, 0.2) is 11.5 Å². The van der Waals surface area contributed by atoms with Gasteiger partial charge in [-0.3, -0.25) is 4.98 Å². The minimum atomic E-state index is -3.00. The van der Waals surface area contributed by atoms with Crippen molar-refractivity contribution in [1.82, 2.24) is 4.98 Å². The lowest BCUT2D eigenvalue weighted by Gasteiger charge is -2.22. The van der Waals surface area contributed by atoms with E-state index in [2.05, 4.69) is 9.72 Å². The molecule has 1 atom stereocenters. The molecular formula is C23H19Cl2F2NO5. The van der Waals surface area contributed by atoms with E-state index < -0.39 is 12.5 Å². The molecule has 0 fully saturated rings. The highest BCUT2D eigenvalue weighted by molar-refractivity contribution is 6.36. The summed E-state index contributed by atoms with van der Waals surface area (Å²) in [7, 11) is 2.85. The molecule has 0 aliphatic heterocycles. The second kappa shape index (κ2) is 11.2. The summed E-state index contributed by atoms with van der Waals surface area (Å²) in [5, 5.41) is 0.382. The van der Waals surface area contributed by atoms with Crippen molar-refractivity contribution >= 4 is 29.5 Å². The van der Waals surface area contributed by atoms with Crippen LogP contribution in [0.5, 0.6) is 23.0 Å². The number of ether oxygens (including phenoxy) is 4. The molecule has 1 aromatic heterocycles. The molecule has 0 spiro atoms. The maximum absolute atomic E-state index is 12.8. The summed E-state index contributed by atoms with van der Waals surface area (Å²) in [6, 6.07) is 9.43. The number of alkyl halides is 2. The Balaban J connectivity index is 2.10. The van der Waals surface area contributed by atoms with Gasteiger partial charge in [-0.1, -0.05) is 47.5 Å². The number of rotatable bonds is 10. The lowest BCUT2D eigenvalue weighted by molar-refractivity contribution is -0.108. The minimum absolute atomic E-state index is 0.0388. The average Bonchev–Trinajstić information content (AvgIpc) is 2.80. The van der Waals surface area contributed by atoms with Crippen molar-refractivity contribution in [2.75, 3.05) is 14.2 Å². The van der Waals surface area contributed by atoms with Crippen molar-refractivity contribution in [3.63, 3.8) is 0 Å². The van der Waals surface area contributed by atoms with Crippen molar-refractivity contribution in [3.8, 4) is 23.0 Å². The zero-order valence-corrected chi connectivity index (χ0v) is 19.1. The molecule has 1 unspecified atom stereocenters. The van der Waals surface area contributed by atoms with Crippen LogP contribution in [-0.4, -0.2) is 32.1 Å². The maximum atomic E-state index is 12.8. The van der Waals surface area contributed by atoms with Crippen molar-refractivity contribution < 1.29 is 32.5 Å². The smallest absolute Gasteiger partial charge is 0.387 e. The second-order valence-electron chi connectivity index (χ2n) is 6.62. The molecule has 174 valence electrons. The Morgan fingerprint density at radius 3 is 2.27 bits per heavy atom. The Labute approximate surface area is 199 Å². The van der Waals surface area contributed by atoms with Gasteiger partial charge < -0.3 is 23.7 Å². The third-order valence-corrected chi connectivity index (χ3v) is 5.37. The summed E-state index contributed by atoms with van der Waals surface area (Å²) in [6.45, 7) is -3.16. The Hall–Kier alpha value is -3.10. The van der Waals surface area contributed by atoms with E-state index in [9.17, 15) is 13.6 Å². The Morgan fingerprint density at radius 1 is 0.970 bits per heavy atom. The van der Waals surface area contributed by atoms with Gasteiger partial charge in [-0.05, 0) is 12.1 Å². The molecule has 33 heavy (non-hydrogen) atoms. The molecule has 3 aromatic rings. The van der Waals surface area contributed by atoms with Gasteiger partial charge in [0.1, 0.15) is 18.6 Å². The van der Waals surface area contributed by atoms with E-state index in [4.69, 9.17) is 37.4 Å². The average molecular weight is 498 g/mol. The Kier molecular flexibility index (Phi) is 8.30. The zero-order chi connectivity index (χ0) is 24.0. The largest absolute Gasteiger partial charge is 0.493 e. The monoisotopic (exact) mass is 497 g/mol. The van der Waals surface area contributed by atoms with Crippen LogP contribution in [0.3, 0.4) is 0 Å². The first-order chi connectivity index (χ1) is 15.9. The highest BCUT2D eigenvalue weighted by Gasteiger charge is 2.27. The van der Waals surface area contributed by atoms with E-state index in [0.717, 1.165) is 0 Å². The van der Waals surface area contributed by atoms with Gasteiger partial charge >= 0.3 is 6.61 Å². The van der Waals surface area contributed by atoms with Crippen LogP contribution in [0.4, 0.5) is 8.78 Å². The molecular weight excluding hydrogens is 479 g/mol. The van der Waals surface area contributed by atoms with E-state index in [-0.39, 0.29) is 33.9 Å². The standard InChI is InChI=1S/C23H19Cl2F2NO5/c1-30-19-8-7-14(15(11-29)20-16(24)9-28-10-17(20)25)21(22(19)31-2)32-12-13-5-3-4-6-18(13)33-23(26)27/h3-11,15,23H,12H2,1-2H3. The summed E-state index contributed by atoms with van der Waals surface area (Å²) < 4.78 is 47.0. The maximum Gasteiger partial charge on any atom is 0.387 e. The van der Waals surface area contributed by atoms with Crippen LogP contribution in [0.2, 0.25) is 10.0 Å². The van der Waals surface area contributed by atoms with E-state index >= 15 is 0 Å². The van der Waals surface area contributed by atoms with Crippen LogP contribution in [0.15, 0.2) is 48.8 Å². The van der Waals surface area contributed by atoms with Gasteiger partial charge in [0, 0.05) is 29.1 Å². The summed E-state index contributed by atoms with van der Waals surface area (Å²) in [5.74, 6) is -0.275. The normalized spacial score (nSPS) is 11.7. The van der Waals surface area contributed by atoms with Crippen molar-refractivity contribution in [2.45, 2.75) is 19.1 Å². The van der Waals surface area contributed by atoms with Gasteiger partial charge in [-0.2, -0.15) is 8.78 Å². The number of carbonyl (C=O) groups excluding carboxylic acids is 1. The summed E-state index contributed by atoms with van der Waals surface area (Å²) in [4.78, 5) is 16.1. The lowest BCUT2D eigenvalue weighted by atomic mass is 9.92. The highest BCUT2D eigenvalue weighted by atomic mass is 35.5. The molecule has 0 bridgehead atoms. The number of aromatic nitrogens is 1. The van der Waals surface area contributed by atoms with Crippen LogP contribution < -0.4 is 18.9 Å². The SMILES string of the molecule is COc1ccc(C(C=O)c2c(Cl)cncc2Cl)c(OCc2ccccc2OC(F)F)c1OC. The fourth-order valence-corrected chi connectivity index (χ4v) is 3.91. The van der Waals surface area contributed by atoms with E-state index in [1.165, 1.54) is 32.7 Å². The fourth-order valence-electron chi connectivity index (χ4n) is 3.31. The summed E-state index contributed by atoms with van der Waals surface area (Å²) in [5.41, 5.74) is 1.07. The van der Waals surface area contributed by atoms with E-state index in [1.807, 2.05) is 0 Å². The number of hydrogen-bond donors (Lipinski definition) is 0. The topological polar surface area (TPSA) is 66.9 Å². The Morgan fingerprint density at radius 2 is 1.67 bits per heavy atom. The highest BCUT2D eigenvalue weighted by Crippen LogP contribution is 2.46. The molecule has 0 amide bonds. The van der Waals surface area contributed by atoms with Gasteiger partial charge in [-0.25, -0.2) is 0 Å². The van der Waals surface area contributed by atoms with E-state index in [0.29, 0.717) is 28.7 Å². The number of nitrogens with zero attached hydrogens (tertiary/aromatic N) is 1. The number of methoxy groups -OCH3 is 2. The first-order valence-corrected chi connectivity index (χ1v) is 10.3. The number of carbonyl (C=O) groups is 1. The van der Waals surface area contributed by atoms with E-state index in [1.54, 1.807) is 30.3 Å². The van der Waals surface area contributed by atoms with Crippen LogP contribution in [0, 0.1) is 0 Å². The van der Waals surface area contributed by atoms with Crippen LogP contribution >= 0.6 is 23.2 Å². The molecule has 0 aliphatic rings. The van der Waals surface area contributed by atoms with Crippen molar-refractivity contribution in [1.29, 1.82) is 0 Å². The third kappa shape index (κ3) is 5.46. The fraction of sp³-hybridized carbons (Fsp3) is 0.217. The molecule has 0 N–H and O–H groups in total. The van der Waals surface area contributed by atoms with Crippen LogP contribution in [0.1, 0.15) is 22.6 Å². The molecule has 6 nitrogen and oxygen atoms in total. The number of pyridine rings is 1. The van der Waals surface area contributed by atoms with Crippen LogP contribution in [-0.2, 0) is 11.4 Å². The number of para-hydroxylation sites is 1. The van der Waals surface area contributed by atoms with Crippen molar-refractivity contribution in [3.05, 3.63) is 75.5 Å². The molecule has 0 radical (unpaired) electrons. The quantitative estimate of drug-likeness (QED) is 0.324. The van der Waals surface area contributed by atoms with Gasteiger partial charge in [0.25, 0.3) is 0 Å². The molecule has 2 aromatic carbocycles. The van der Waals surface area contributed by atoms with Gasteiger partial charge in [-0.15, -0.1) is 0 Å². The predicted molar refractivity (Wildman–Crippen MR) is 119 cm³/mol. The molecule has 0 saturated carbocycles.